The van der Waals surface area contributed by atoms with Crippen LogP contribution in [0.3, 0.4) is 0 Å². The molecule has 0 saturated heterocycles. The fourth-order valence-electron chi connectivity index (χ4n) is 1.97. The van der Waals surface area contributed by atoms with E-state index in [1.165, 1.54) is 6.07 Å². The minimum absolute atomic E-state index is 0.125. The van der Waals surface area contributed by atoms with Gasteiger partial charge < -0.3 is 10.5 Å². The van der Waals surface area contributed by atoms with Gasteiger partial charge in [-0.1, -0.05) is 18.2 Å². The highest BCUT2D eigenvalue weighted by Crippen LogP contribution is 2.28. The van der Waals surface area contributed by atoms with E-state index >= 15 is 0 Å². The molecule has 0 aliphatic carbocycles. The number of rotatable bonds is 2. The fraction of sp³-hybridized carbons (Fsp3) is 0.0625. The molecule has 3 nitrogen and oxygen atoms in total. The van der Waals surface area contributed by atoms with Crippen LogP contribution in [0.4, 0.5) is 10.1 Å². The maximum absolute atomic E-state index is 13.8. The number of fused-ring (bicyclic) bond motifs is 1. The molecule has 0 atom stereocenters. The number of benzene rings is 2. The van der Waals surface area contributed by atoms with E-state index in [9.17, 15) is 4.39 Å². The van der Waals surface area contributed by atoms with Crippen molar-refractivity contribution in [1.29, 1.82) is 0 Å². The first kappa shape index (κ1) is 12.4. The predicted molar refractivity (Wildman–Crippen MR) is 77.4 cm³/mol. The predicted octanol–water partition coefficient (Wildman–Crippen LogP) is 4.06. The van der Waals surface area contributed by atoms with Gasteiger partial charge in [0.05, 0.1) is 5.52 Å². The Balaban J connectivity index is 1.99. The maximum Gasteiger partial charge on any atom is 0.219 e. The number of nitrogens with two attached hydrogens (primary N) is 1. The van der Waals surface area contributed by atoms with E-state index in [1.807, 2.05) is 30.3 Å². The van der Waals surface area contributed by atoms with Crippen LogP contribution in [0.2, 0.25) is 0 Å². The second-order valence-electron chi connectivity index (χ2n) is 4.58. The largest absolute Gasteiger partial charge is 0.436 e. The van der Waals surface area contributed by atoms with Crippen LogP contribution in [-0.2, 0) is 0 Å². The smallest absolute Gasteiger partial charge is 0.219 e. The Bertz CT molecular complexity index is 787. The Kier molecular flexibility index (Phi) is 2.99. The number of anilines is 1. The first-order valence-corrected chi connectivity index (χ1v) is 6.23. The molecule has 4 heteroatoms. The standard InChI is InChI=1S/C16H13FN2O/c1-10-8-15(12(17)9-13(10)18)20-16-7-6-11-4-2-3-5-14(11)19-16/h2-9H,18H2,1H3. The third-order valence-corrected chi connectivity index (χ3v) is 3.11. The van der Waals surface area contributed by atoms with Gasteiger partial charge in [-0.05, 0) is 30.7 Å². The van der Waals surface area contributed by atoms with Crippen LogP contribution in [-0.4, -0.2) is 4.98 Å². The molecule has 0 radical (unpaired) electrons. The number of hydrogen-bond acceptors (Lipinski definition) is 3. The zero-order chi connectivity index (χ0) is 14.1. The van der Waals surface area contributed by atoms with Crippen LogP contribution in [0.15, 0.2) is 48.5 Å². The van der Waals surface area contributed by atoms with Crippen molar-refractivity contribution in [3.8, 4) is 11.6 Å². The van der Waals surface area contributed by atoms with Gasteiger partial charge in [-0.25, -0.2) is 9.37 Å². The first-order valence-electron chi connectivity index (χ1n) is 6.23. The molecule has 1 aromatic heterocycles. The van der Waals surface area contributed by atoms with E-state index in [1.54, 1.807) is 19.1 Å². The summed E-state index contributed by atoms with van der Waals surface area (Å²) in [6, 6.07) is 14.1. The summed E-state index contributed by atoms with van der Waals surface area (Å²) in [5, 5.41) is 1.01. The SMILES string of the molecule is Cc1cc(Oc2ccc3ccccc3n2)c(F)cc1N. The normalized spacial score (nSPS) is 10.7. The van der Waals surface area contributed by atoms with Crippen LogP contribution >= 0.6 is 0 Å². The summed E-state index contributed by atoms with van der Waals surface area (Å²) in [5.41, 5.74) is 7.62. The Morgan fingerprint density at radius 1 is 1.10 bits per heavy atom. The summed E-state index contributed by atoms with van der Waals surface area (Å²) in [6.45, 7) is 1.80. The monoisotopic (exact) mass is 268 g/mol. The van der Waals surface area contributed by atoms with E-state index in [2.05, 4.69) is 4.98 Å². The Morgan fingerprint density at radius 3 is 2.75 bits per heavy atom. The zero-order valence-electron chi connectivity index (χ0n) is 10.9. The first-order chi connectivity index (χ1) is 9.63. The lowest BCUT2D eigenvalue weighted by Crippen LogP contribution is -1.96. The van der Waals surface area contributed by atoms with Gasteiger partial charge in [0.2, 0.25) is 5.88 Å². The quantitative estimate of drug-likeness (QED) is 0.713. The number of aromatic nitrogens is 1. The van der Waals surface area contributed by atoms with Crippen LogP contribution in [0, 0.1) is 12.7 Å². The van der Waals surface area contributed by atoms with Gasteiger partial charge >= 0.3 is 0 Å². The highest BCUT2D eigenvalue weighted by Gasteiger charge is 2.09. The number of nitrogens with zero attached hydrogens (tertiary/aromatic N) is 1. The van der Waals surface area contributed by atoms with Crippen molar-refractivity contribution in [2.45, 2.75) is 6.92 Å². The van der Waals surface area contributed by atoms with E-state index in [4.69, 9.17) is 10.5 Å². The molecule has 0 aliphatic heterocycles. The molecule has 20 heavy (non-hydrogen) atoms. The van der Waals surface area contributed by atoms with Crippen molar-refractivity contribution in [2.24, 2.45) is 0 Å². The van der Waals surface area contributed by atoms with Gasteiger partial charge in [0.1, 0.15) is 0 Å². The second-order valence-corrected chi connectivity index (χ2v) is 4.58. The number of pyridine rings is 1. The van der Waals surface area contributed by atoms with E-state index < -0.39 is 5.82 Å². The van der Waals surface area contributed by atoms with Gasteiger partial charge in [-0.3, -0.25) is 0 Å². The van der Waals surface area contributed by atoms with Gasteiger partial charge in [0, 0.05) is 23.2 Å². The Labute approximate surface area is 115 Å². The van der Waals surface area contributed by atoms with Gasteiger partial charge in [0.25, 0.3) is 0 Å². The molecule has 100 valence electrons. The molecular weight excluding hydrogens is 255 g/mol. The highest BCUT2D eigenvalue weighted by atomic mass is 19.1. The number of aryl methyl sites for hydroxylation is 1. The molecule has 3 aromatic rings. The zero-order valence-corrected chi connectivity index (χ0v) is 10.9. The summed E-state index contributed by atoms with van der Waals surface area (Å²) in [7, 11) is 0. The minimum atomic E-state index is -0.497. The molecule has 0 spiro atoms. The van der Waals surface area contributed by atoms with Crippen molar-refractivity contribution in [3.05, 3.63) is 59.9 Å². The summed E-state index contributed by atoms with van der Waals surface area (Å²) in [4.78, 5) is 4.34. The molecule has 0 saturated carbocycles. The average Bonchev–Trinajstić information content (AvgIpc) is 2.44. The molecule has 0 aliphatic rings. The van der Waals surface area contributed by atoms with Crippen molar-refractivity contribution >= 4 is 16.6 Å². The molecule has 1 heterocycles. The van der Waals surface area contributed by atoms with Crippen molar-refractivity contribution in [2.75, 3.05) is 5.73 Å². The molecule has 0 amide bonds. The number of halogens is 1. The van der Waals surface area contributed by atoms with Gasteiger partial charge in [-0.2, -0.15) is 0 Å². The van der Waals surface area contributed by atoms with E-state index in [0.717, 1.165) is 16.5 Å². The average molecular weight is 268 g/mol. The molecule has 3 rings (SSSR count). The lowest BCUT2D eigenvalue weighted by atomic mass is 10.2. The third-order valence-electron chi connectivity index (χ3n) is 3.11. The van der Waals surface area contributed by atoms with Crippen LogP contribution in [0.1, 0.15) is 5.56 Å². The lowest BCUT2D eigenvalue weighted by Gasteiger charge is -2.09. The number of para-hydroxylation sites is 1. The molecule has 0 bridgehead atoms. The lowest BCUT2D eigenvalue weighted by molar-refractivity contribution is 0.429. The topological polar surface area (TPSA) is 48.1 Å². The minimum Gasteiger partial charge on any atom is -0.436 e. The van der Waals surface area contributed by atoms with Crippen molar-refractivity contribution in [1.82, 2.24) is 4.98 Å². The molecule has 0 unspecified atom stereocenters. The van der Waals surface area contributed by atoms with Gasteiger partial charge in [-0.15, -0.1) is 0 Å². The highest BCUT2D eigenvalue weighted by molar-refractivity contribution is 5.78. The van der Waals surface area contributed by atoms with Gasteiger partial charge in [0.15, 0.2) is 11.6 Å². The molecular formula is C16H13FN2O. The summed E-state index contributed by atoms with van der Waals surface area (Å²) >= 11 is 0. The fourth-order valence-corrected chi connectivity index (χ4v) is 1.97. The number of hydrogen-bond donors (Lipinski definition) is 1. The molecule has 0 fully saturated rings. The van der Waals surface area contributed by atoms with Crippen molar-refractivity contribution in [3.63, 3.8) is 0 Å². The number of nitrogen functional groups attached to an aromatic ring is 1. The van der Waals surface area contributed by atoms with Crippen LogP contribution in [0.25, 0.3) is 10.9 Å². The second kappa shape index (κ2) is 4.81. The number of ether oxygens (including phenoxy) is 1. The summed E-state index contributed by atoms with van der Waals surface area (Å²) < 4.78 is 19.3. The van der Waals surface area contributed by atoms with E-state index in [-0.39, 0.29) is 5.75 Å². The molecule has 2 aromatic carbocycles. The van der Waals surface area contributed by atoms with E-state index in [0.29, 0.717) is 11.6 Å². The van der Waals surface area contributed by atoms with Crippen molar-refractivity contribution < 1.29 is 9.13 Å². The summed E-state index contributed by atoms with van der Waals surface area (Å²) in [5.74, 6) is -0.0192. The van der Waals surface area contributed by atoms with Crippen LogP contribution < -0.4 is 10.5 Å². The Hall–Kier alpha value is -2.62. The summed E-state index contributed by atoms with van der Waals surface area (Å²) in [6.07, 6.45) is 0. The molecule has 2 N–H and O–H groups in total. The third kappa shape index (κ3) is 2.28. The Morgan fingerprint density at radius 2 is 1.90 bits per heavy atom. The van der Waals surface area contributed by atoms with Crippen LogP contribution in [0.5, 0.6) is 11.6 Å². The maximum atomic E-state index is 13.8.